The number of carboxylic acids is 1. The van der Waals surface area contributed by atoms with Gasteiger partial charge in [0.15, 0.2) is 4.90 Å². The molecule has 0 saturated carbocycles. The Bertz CT molecular complexity index is 554. The minimum absolute atomic E-state index is 0.0185. The average Bonchev–Trinajstić information content (AvgIpc) is 2.27. The van der Waals surface area contributed by atoms with Gasteiger partial charge in [-0.2, -0.15) is 4.72 Å². The number of carboxylic acid groups (broad SMARTS) is 1. The van der Waals surface area contributed by atoms with E-state index in [0.717, 1.165) is 18.2 Å². The van der Waals surface area contributed by atoms with Crippen molar-refractivity contribution in [1.82, 2.24) is 4.72 Å². The second-order valence-electron chi connectivity index (χ2n) is 3.85. The van der Waals surface area contributed by atoms with E-state index >= 15 is 0 Å². The topological polar surface area (TPSA) is 83.5 Å². The number of sulfonamides is 1. The Kier molecular flexibility index (Phi) is 4.96. The molecule has 0 amide bonds. The molecule has 1 atom stereocenters. The third-order valence-electron chi connectivity index (χ3n) is 2.36. The van der Waals surface area contributed by atoms with Crippen molar-refractivity contribution < 1.29 is 27.1 Å². The molecular formula is C11H13F2NO4S. The highest BCUT2D eigenvalue weighted by atomic mass is 32.2. The van der Waals surface area contributed by atoms with Crippen molar-refractivity contribution in [2.24, 2.45) is 0 Å². The summed E-state index contributed by atoms with van der Waals surface area (Å²) >= 11 is 0. The lowest BCUT2D eigenvalue weighted by Crippen LogP contribution is -2.41. The summed E-state index contributed by atoms with van der Waals surface area (Å²) in [5, 5.41) is 8.84. The number of hydrogen-bond donors (Lipinski definition) is 2. The molecule has 8 heteroatoms. The van der Waals surface area contributed by atoms with Crippen molar-refractivity contribution in [1.29, 1.82) is 0 Å². The monoisotopic (exact) mass is 293 g/mol. The molecular weight excluding hydrogens is 280 g/mol. The quantitative estimate of drug-likeness (QED) is 0.832. The largest absolute Gasteiger partial charge is 0.480 e. The highest BCUT2D eigenvalue weighted by molar-refractivity contribution is 7.89. The van der Waals surface area contributed by atoms with E-state index in [4.69, 9.17) is 5.11 Å². The SMILES string of the molecule is CCC[C@@H](NS(=O)(=O)c1c(F)cccc1F)C(=O)O. The molecule has 106 valence electrons. The van der Waals surface area contributed by atoms with Gasteiger partial charge in [0.25, 0.3) is 0 Å². The summed E-state index contributed by atoms with van der Waals surface area (Å²) < 4.78 is 52.2. The molecule has 1 aromatic carbocycles. The summed E-state index contributed by atoms with van der Waals surface area (Å²) in [5.41, 5.74) is 0. The molecule has 2 N–H and O–H groups in total. The van der Waals surface area contributed by atoms with Crippen molar-refractivity contribution in [3.8, 4) is 0 Å². The van der Waals surface area contributed by atoms with E-state index in [9.17, 15) is 22.0 Å². The first kappa shape index (κ1) is 15.5. The summed E-state index contributed by atoms with van der Waals surface area (Å²) in [7, 11) is -4.57. The van der Waals surface area contributed by atoms with Crippen LogP contribution in [-0.2, 0) is 14.8 Å². The second-order valence-corrected chi connectivity index (χ2v) is 5.50. The molecule has 1 aromatic rings. The smallest absolute Gasteiger partial charge is 0.321 e. The molecule has 0 aliphatic carbocycles. The molecule has 0 spiro atoms. The van der Waals surface area contributed by atoms with Crippen LogP contribution in [0.4, 0.5) is 8.78 Å². The van der Waals surface area contributed by atoms with Gasteiger partial charge in [0.2, 0.25) is 10.0 Å². The fourth-order valence-corrected chi connectivity index (χ4v) is 2.87. The Morgan fingerprint density at radius 2 is 1.89 bits per heavy atom. The van der Waals surface area contributed by atoms with Crippen LogP contribution in [-0.4, -0.2) is 25.5 Å². The molecule has 0 heterocycles. The van der Waals surface area contributed by atoms with Crippen LogP contribution in [0.3, 0.4) is 0 Å². The Labute approximate surface area is 109 Å². The summed E-state index contributed by atoms with van der Waals surface area (Å²) in [6, 6.07) is 1.17. The van der Waals surface area contributed by atoms with Gasteiger partial charge in [0.05, 0.1) is 0 Å². The van der Waals surface area contributed by atoms with Gasteiger partial charge in [-0.05, 0) is 18.6 Å². The Hall–Kier alpha value is -1.54. The van der Waals surface area contributed by atoms with Crippen LogP contribution >= 0.6 is 0 Å². The van der Waals surface area contributed by atoms with Crippen LogP contribution in [0.5, 0.6) is 0 Å². The second kappa shape index (κ2) is 6.07. The van der Waals surface area contributed by atoms with Gasteiger partial charge in [0, 0.05) is 0 Å². The first-order valence-corrected chi connectivity index (χ1v) is 6.97. The molecule has 0 fully saturated rings. The molecule has 0 unspecified atom stereocenters. The lowest BCUT2D eigenvalue weighted by atomic mass is 10.2. The van der Waals surface area contributed by atoms with Gasteiger partial charge in [-0.25, -0.2) is 17.2 Å². The first-order valence-electron chi connectivity index (χ1n) is 5.48. The lowest BCUT2D eigenvalue weighted by molar-refractivity contribution is -0.139. The zero-order valence-electron chi connectivity index (χ0n) is 10.1. The van der Waals surface area contributed by atoms with Crippen LogP contribution in [0.15, 0.2) is 23.1 Å². The van der Waals surface area contributed by atoms with Crippen molar-refractivity contribution in [3.63, 3.8) is 0 Å². The zero-order chi connectivity index (χ0) is 14.6. The third kappa shape index (κ3) is 3.71. The van der Waals surface area contributed by atoms with E-state index in [1.54, 1.807) is 11.6 Å². The number of aliphatic carboxylic acids is 1. The molecule has 0 bridgehead atoms. The molecule has 0 saturated heterocycles. The standard InChI is InChI=1S/C11H13F2NO4S/c1-2-4-9(11(15)16)14-19(17,18)10-7(12)5-3-6-8(10)13/h3,5-6,9,14H,2,4H2,1H3,(H,15,16)/t9-/m1/s1. The highest BCUT2D eigenvalue weighted by Gasteiger charge is 2.29. The molecule has 19 heavy (non-hydrogen) atoms. The minimum Gasteiger partial charge on any atom is -0.480 e. The van der Waals surface area contributed by atoms with Crippen LogP contribution in [0.25, 0.3) is 0 Å². The first-order chi connectivity index (χ1) is 8.79. The maximum absolute atomic E-state index is 13.4. The van der Waals surface area contributed by atoms with Crippen LogP contribution in [0.1, 0.15) is 19.8 Å². The van der Waals surface area contributed by atoms with Gasteiger partial charge >= 0.3 is 5.97 Å². The fraction of sp³-hybridized carbons (Fsp3) is 0.364. The maximum atomic E-state index is 13.4. The Balaban J connectivity index is 3.14. The van der Waals surface area contributed by atoms with Crippen LogP contribution in [0.2, 0.25) is 0 Å². The number of benzene rings is 1. The predicted octanol–water partition coefficient (Wildman–Crippen LogP) is 1.50. The number of nitrogens with one attached hydrogen (secondary N) is 1. The van der Waals surface area contributed by atoms with Crippen molar-refractivity contribution in [2.45, 2.75) is 30.7 Å². The molecule has 1 rings (SSSR count). The fourth-order valence-electron chi connectivity index (χ4n) is 1.51. The van der Waals surface area contributed by atoms with Crippen LogP contribution < -0.4 is 4.72 Å². The predicted molar refractivity (Wildman–Crippen MR) is 63.0 cm³/mol. The summed E-state index contributed by atoms with van der Waals surface area (Å²) in [5.74, 6) is -3.94. The summed E-state index contributed by atoms with van der Waals surface area (Å²) in [6.45, 7) is 1.66. The normalized spacial score (nSPS) is 13.2. The number of hydrogen-bond acceptors (Lipinski definition) is 3. The van der Waals surface area contributed by atoms with E-state index in [-0.39, 0.29) is 6.42 Å². The molecule has 0 aliphatic rings. The van der Waals surface area contributed by atoms with Crippen molar-refractivity contribution in [2.75, 3.05) is 0 Å². The Morgan fingerprint density at radius 1 is 1.37 bits per heavy atom. The molecule has 0 aliphatic heterocycles. The van der Waals surface area contributed by atoms with E-state index in [1.165, 1.54) is 0 Å². The number of carbonyl (C=O) groups is 1. The number of rotatable bonds is 6. The number of halogens is 2. The molecule has 0 aromatic heterocycles. The van der Waals surface area contributed by atoms with Crippen molar-refractivity contribution >= 4 is 16.0 Å². The highest BCUT2D eigenvalue weighted by Crippen LogP contribution is 2.18. The summed E-state index contributed by atoms with van der Waals surface area (Å²) in [6.07, 6.45) is 0.421. The van der Waals surface area contributed by atoms with Crippen LogP contribution in [0, 0.1) is 11.6 Å². The van der Waals surface area contributed by atoms with E-state index in [1.807, 2.05) is 0 Å². The average molecular weight is 293 g/mol. The lowest BCUT2D eigenvalue weighted by Gasteiger charge is -2.14. The van der Waals surface area contributed by atoms with Gasteiger partial charge in [-0.3, -0.25) is 4.79 Å². The van der Waals surface area contributed by atoms with Gasteiger partial charge < -0.3 is 5.11 Å². The molecule has 0 radical (unpaired) electrons. The van der Waals surface area contributed by atoms with Gasteiger partial charge in [-0.1, -0.05) is 19.4 Å². The van der Waals surface area contributed by atoms with Gasteiger partial charge in [-0.15, -0.1) is 0 Å². The maximum Gasteiger partial charge on any atom is 0.321 e. The third-order valence-corrected chi connectivity index (χ3v) is 3.88. The van der Waals surface area contributed by atoms with Gasteiger partial charge in [0.1, 0.15) is 17.7 Å². The van der Waals surface area contributed by atoms with Crippen molar-refractivity contribution in [3.05, 3.63) is 29.8 Å². The zero-order valence-corrected chi connectivity index (χ0v) is 10.9. The minimum atomic E-state index is -4.57. The molecule has 5 nitrogen and oxygen atoms in total. The van der Waals surface area contributed by atoms with E-state index < -0.39 is 38.6 Å². The Morgan fingerprint density at radius 3 is 2.32 bits per heavy atom. The van der Waals surface area contributed by atoms with E-state index in [0.29, 0.717) is 6.42 Å². The van der Waals surface area contributed by atoms with E-state index in [2.05, 4.69) is 0 Å². The summed E-state index contributed by atoms with van der Waals surface area (Å²) in [4.78, 5) is 9.68.